The molecule has 1 aliphatic heterocycles. The van der Waals surface area contributed by atoms with E-state index in [2.05, 4.69) is 46.5 Å². The van der Waals surface area contributed by atoms with Crippen LogP contribution in [0.4, 0.5) is 0 Å². The molecule has 0 bridgehead atoms. The Morgan fingerprint density at radius 1 is 1.53 bits per heavy atom. The van der Waals surface area contributed by atoms with Crippen molar-refractivity contribution >= 4 is 11.3 Å². The van der Waals surface area contributed by atoms with Gasteiger partial charge >= 0.3 is 0 Å². The van der Waals surface area contributed by atoms with Crippen molar-refractivity contribution in [1.82, 2.24) is 20.1 Å². The number of hydrogen-bond acceptors (Lipinski definition) is 5. The Balaban J connectivity index is 1.81. The van der Waals surface area contributed by atoms with Crippen molar-refractivity contribution < 1.29 is 0 Å². The lowest BCUT2D eigenvalue weighted by atomic mass is 10.1. The van der Waals surface area contributed by atoms with Gasteiger partial charge in [-0.1, -0.05) is 0 Å². The van der Waals surface area contributed by atoms with Gasteiger partial charge in [0.25, 0.3) is 0 Å². The number of nitrogens with one attached hydrogen (secondary N) is 1. The number of hydrogen-bond donors (Lipinski definition) is 1. The Morgan fingerprint density at radius 2 is 2.35 bits per heavy atom. The van der Waals surface area contributed by atoms with Crippen LogP contribution in [0.2, 0.25) is 0 Å². The summed E-state index contributed by atoms with van der Waals surface area (Å²) in [6.45, 7) is 6.69. The number of rotatable bonds is 4. The number of likely N-dealkylation sites (N-methyl/N-ethyl adjacent to an activating group) is 2. The van der Waals surface area contributed by atoms with Crippen molar-refractivity contribution in [3.63, 3.8) is 0 Å². The number of aromatic nitrogens is 1. The maximum Gasteiger partial charge on any atom is 0.0795 e. The minimum absolute atomic E-state index is 0.349. The second kappa shape index (κ2) is 5.91. The molecule has 5 heteroatoms. The van der Waals surface area contributed by atoms with Crippen LogP contribution in [-0.4, -0.2) is 61.1 Å². The van der Waals surface area contributed by atoms with Crippen LogP contribution < -0.4 is 5.32 Å². The summed E-state index contributed by atoms with van der Waals surface area (Å²) in [7, 11) is 4.41. The lowest BCUT2D eigenvalue weighted by Crippen LogP contribution is -2.53. The molecule has 0 aliphatic carbocycles. The first-order valence-electron chi connectivity index (χ1n) is 6.17. The maximum atomic E-state index is 4.35. The molecule has 2 rings (SSSR count). The highest BCUT2D eigenvalue weighted by Gasteiger charge is 2.22. The molecule has 0 radical (unpaired) electrons. The first-order valence-corrected chi connectivity index (χ1v) is 7.11. The Kier molecular flexibility index (Phi) is 4.50. The fourth-order valence-corrected chi connectivity index (χ4v) is 2.82. The van der Waals surface area contributed by atoms with E-state index in [0.717, 1.165) is 25.3 Å². The van der Waals surface area contributed by atoms with Gasteiger partial charge in [0, 0.05) is 43.6 Å². The summed E-state index contributed by atoms with van der Waals surface area (Å²) in [6.07, 6.45) is 0. The largest absolute Gasteiger partial charge is 0.307 e. The van der Waals surface area contributed by atoms with Gasteiger partial charge in [0.2, 0.25) is 0 Å². The molecule has 0 spiro atoms. The smallest absolute Gasteiger partial charge is 0.0795 e. The summed E-state index contributed by atoms with van der Waals surface area (Å²) in [5.74, 6) is 0. The molecular formula is C12H22N4S. The summed E-state index contributed by atoms with van der Waals surface area (Å²) >= 11 is 1.66. The van der Waals surface area contributed by atoms with Crippen LogP contribution in [0, 0.1) is 0 Å². The SMILES string of the molecule is CC(NCC1CN(C)CCN1C)c1cscn1. The third-order valence-electron chi connectivity index (χ3n) is 3.53. The van der Waals surface area contributed by atoms with Crippen LogP contribution >= 0.6 is 11.3 Å². The van der Waals surface area contributed by atoms with Crippen molar-refractivity contribution in [1.29, 1.82) is 0 Å². The van der Waals surface area contributed by atoms with Gasteiger partial charge in [-0.25, -0.2) is 4.98 Å². The van der Waals surface area contributed by atoms with Crippen LogP contribution in [0.15, 0.2) is 10.9 Å². The van der Waals surface area contributed by atoms with E-state index >= 15 is 0 Å². The van der Waals surface area contributed by atoms with Gasteiger partial charge in [0.05, 0.1) is 11.2 Å². The molecular weight excluding hydrogens is 232 g/mol. The molecule has 2 atom stereocenters. The van der Waals surface area contributed by atoms with Gasteiger partial charge in [-0.15, -0.1) is 11.3 Å². The summed E-state index contributed by atoms with van der Waals surface area (Å²) in [5, 5.41) is 5.70. The van der Waals surface area contributed by atoms with Gasteiger partial charge in [0.1, 0.15) is 0 Å². The van der Waals surface area contributed by atoms with Crippen LogP contribution in [0.25, 0.3) is 0 Å². The van der Waals surface area contributed by atoms with E-state index in [9.17, 15) is 0 Å². The Morgan fingerprint density at radius 3 is 3.06 bits per heavy atom. The van der Waals surface area contributed by atoms with E-state index in [1.54, 1.807) is 11.3 Å². The number of piperazine rings is 1. The molecule has 4 nitrogen and oxygen atoms in total. The van der Waals surface area contributed by atoms with E-state index in [4.69, 9.17) is 0 Å². The summed E-state index contributed by atoms with van der Waals surface area (Å²) < 4.78 is 0. The molecule has 0 saturated carbocycles. The van der Waals surface area contributed by atoms with Crippen molar-refractivity contribution in [3.8, 4) is 0 Å². The predicted molar refractivity (Wildman–Crippen MR) is 72.4 cm³/mol. The first kappa shape index (κ1) is 13.0. The topological polar surface area (TPSA) is 31.4 Å². The lowest BCUT2D eigenvalue weighted by Gasteiger charge is -2.38. The molecule has 0 amide bonds. The second-order valence-corrected chi connectivity index (χ2v) is 5.66. The molecule has 1 saturated heterocycles. The normalized spacial score (nSPS) is 25.0. The molecule has 96 valence electrons. The molecule has 2 unspecified atom stereocenters. The average Bonchev–Trinajstić information content (AvgIpc) is 2.83. The number of thiazole rings is 1. The summed E-state index contributed by atoms with van der Waals surface area (Å²) in [4.78, 5) is 9.19. The van der Waals surface area contributed by atoms with Gasteiger partial charge in [-0.2, -0.15) is 0 Å². The van der Waals surface area contributed by atoms with Crippen LogP contribution in [0.1, 0.15) is 18.7 Å². The summed E-state index contributed by atoms with van der Waals surface area (Å²) in [5.41, 5.74) is 3.05. The highest BCUT2D eigenvalue weighted by molar-refractivity contribution is 7.07. The van der Waals surface area contributed by atoms with E-state index in [0.29, 0.717) is 12.1 Å². The van der Waals surface area contributed by atoms with E-state index < -0.39 is 0 Å². The lowest BCUT2D eigenvalue weighted by molar-refractivity contribution is 0.111. The third kappa shape index (κ3) is 3.48. The van der Waals surface area contributed by atoms with Crippen molar-refractivity contribution in [3.05, 3.63) is 16.6 Å². The molecule has 0 aromatic carbocycles. The predicted octanol–water partition coefficient (Wildman–Crippen LogP) is 1.04. The maximum absolute atomic E-state index is 4.35. The van der Waals surface area contributed by atoms with Crippen LogP contribution in [-0.2, 0) is 0 Å². The van der Waals surface area contributed by atoms with Crippen molar-refractivity contribution in [2.45, 2.75) is 19.0 Å². The highest BCUT2D eigenvalue weighted by Crippen LogP contribution is 2.12. The Labute approximate surface area is 108 Å². The highest BCUT2D eigenvalue weighted by atomic mass is 32.1. The Bertz CT molecular complexity index is 327. The van der Waals surface area contributed by atoms with Gasteiger partial charge in [-0.05, 0) is 21.0 Å². The van der Waals surface area contributed by atoms with Gasteiger partial charge in [-0.3, -0.25) is 4.90 Å². The standard InChI is InChI=1S/C12H22N4S/c1-10(12-8-17-9-14-12)13-6-11-7-15(2)4-5-16(11)3/h8-11,13H,4-7H2,1-3H3. The molecule has 1 aliphatic rings. The zero-order valence-electron chi connectivity index (χ0n) is 10.9. The van der Waals surface area contributed by atoms with E-state index in [1.165, 1.54) is 6.54 Å². The van der Waals surface area contributed by atoms with Crippen LogP contribution in [0.3, 0.4) is 0 Å². The van der Waals surface area contributed by atoms with Crippen LogP contribution in [0.5, 0.6) is 0 Å². The van der Waals surface area contributed by atoms with Gasteiger partial charge < -0.3 is 10.2 Å². The average molecular weight is 254 g/mol. The third-order valence-corrected chi connectivity index (χ3v) is 4.14. The Hall–Kier alpha value is -0.490. The zero-order chi connectivity index (χ0) is 12.3. The number of nitrogens with zero attached hydrogens (tertiary/aromatic N) is 3. The van der Waals surface area contributed by atoms with E-state index in [-0.39, 0.29) is 0 Å². The fourth-order valence-electron chi connectivity index (χ4n) is 2.17. The molecule has 17 heavy (non-hydrogen) atoms. The zero-order valence-corrected chi connectivity index (χ0v) is 11.7. The minimum atomic E-state index is 0.349. The van der Waals surface area contributed by atoms with Crippen molar-refractivity contribution in [2.75, 3.05) is 40.3 Å². The molecule has 1 fully saturated rings. The minimum Gasteiger partial charge on any atom is -0.307 e. The first-order chi connectivity index (χ1) is 8.16. The van der Waals surface area contributed by atoms with Crippen molar-refractivity contribution in [2.24, 2.45) is 0 Å². The summed E-state index contributed by atoms with van der Waals surface area (Å²) in [6, 6.07) is 0.955. The quantitative estimate of drug-likeness (QED) is 0.870. The molecule has 2 heterocycles. The fraction of sp³-hybridized carbons (Fsp3) is 0.750. The molecule has 1 aromatic heterocycles. The molecule has 1 aromatic rings. The molecule has 1 N–H and O–H groups in total. The second-order valence-electron chi connectivity index (χ2n) is 4.94. The monoisotopic (exact) mass is 254 g/mol. The van der Waals surface area contributed by atoms with Gasteiger partial charge in [0.15, 0.2) is 0 Å². The van der Waals surface area contributed by atoms with E-state index in [1.807, 2.05) is 5.51 Å².